The Morgan fingerprint density at radius 2 is 2.05 bits per heavy atom. The van der Waals surface area contributed by atoms with E-state index in [1.807, 2.05) is 19.1 Å². The van der Waals surface area contributed by atoms with Crippen LogP contribution in [0.25, 0.3) is 6.08 Å². The van der Waals surface area contributed by atoms with E-state index in [0.29, 0.717) is 6.54 Å². The number of hydrogen-bond acceptors (Lipinski definition) is 4. The molecule has 0 aliphatic carbocycles. The number of nitrogens with zero attached hydrogens (tertiary/aromatic N) is 2. The van der Waals surface area contributed by atoms with Crippen LogP contribution in [0, 0.1) is 12.3 Å². The van der Waals surface area contributed by atoms with E-state index in [0.717, 1.165) is 29.2 Å². The molecule has 1 N–H and O–H groups in total. The van der Waals surface area contributed by atoms with Crippen molar-refractivity contribution in [1.82, 2.24) is 9.29 Å². The van der Waals surface area contributed by atoms with Gasteiger partial charge in [0, 0.05) is 24.0 Å². The van der Waals surface area contributed by atoms with Gasteiger partial charge in [-0.3, -0.25) is 4.31 Å². The smallest absolute Gasteiger partial charge is 0.232 e. The van der Waals surface area contributed by atoms with Crippen molar-refractivity contribution in [3.63, 3.8) is 0 Å². The number of aromatic nitrogens is 1. The van der Waals surface area contributed by atoms with E-state index >= 15 is 0 Å². The van der Waals surface area contributed by atoms with Gasteiger partial charge in [-0.25, -0.2) is 13.4 Å². The van der Waals surface area contributed by atoms with Crippen molar-refractivity contribution in [3.8, 4) is 0 Å². The first-order valence-corrected chi connectivity index (χ1v) is 8.80. The van der Waals surface area contributed by atoms with Gasteiger partial charge in [-0.2, -0.15) is 0 Å². The van der Waals surface area contributed by atoms with Gasteiger partial charge >= 0.3 is 0 Å². The van der Waals surface area contributed by atoms with Gasteiger partial charge in [-0.1, -0.05) is 20.8 Å². The van der Waals surface area contributed by atoms with E-state index in [1.54, 1.807) is 6.20 Å². The summed E-state index contributed by atoms with van der Waals surface area (Å²) in [5.74, 6) is 0.776. The summed E-state index contributed by atoms with van der Waals surface area (Å²) in [6, 6.07) is 1.98. The van der Waals surface area contributed by atoms with E-state index in [1.165, 1.54) is 10.6 Å². The third-order valence-corrected chi connectivity index (χ3v) is 4.34. The molecule has 2 heterocycles. The van der Waals surface area contributed by atoms with Gasteiger partial charge in [-0.15, -0.1) is 0 Å². The van der Waals surface area contributed by atoms with Crippen LogP contribution in [0.1, 0.15) is 37.6 Å². The predicted octanol–water partition coefficient (Wildman–Crippen LogP) is 2.59. The second kappa shape index (κ2) is 5.33. The zero-order chi connectivity index (χ0) is 15.8. The number of rotatable bonds is 3. The Hall–Kier alpha value is -1.56. The summed E-state index contributed by atoms with van der Waals surface area (Å²) < 4.78 is 24.8. The first kappa shape index (κ1) is 15.8. The lowest BCUT2D eigenvalue weighted by molar-refractivity contribution is 0.441. The fourth-order valence-electron chi connectivity index (χ4n) is 2.13. The first-order chi connectivity index (χ1) is 9.56. The van der Waals surface area contributed by atoms with E-state index in [4.69, 9.17) is 0 Å². The standard InChI is InChI=1S/C15H23N3O2S/c1-11-8-12-6-7-18(21(5,19)20)9-13(12)14(17-11)16-10-15(2,3)4/h6-8H,9-10H2,1-5H3,(H,16,17). The Kier molecular flexibility index (Phi) is 4.02. The number of nitrogens with one attached hydrogen (secondary N) is 1. The molecule has 5 nitrogen and oxygen atoms in total. The van der Waals surface area contributed by atoms with Crippen LogP contribution in [0.3, 0.4) is 0 Å². The number of aryl methyl sites for hydroxylation is 1. The average Bonchev–Trinajstić information content (AvgIpc) is 2.33. The fraction of sp³-hybridized carbons (Fsp3) is 0.533. The largest absolute Gasteiger partial charge is 0.369 e. The molecule has 0 atom stereocenters. The van der Waals surface area contributed by atoms with Crippen LogP contribution < -0.4 is 5.32 Å². The van der Waals surface area contributed by atoms with Crippen molar-refractivity contribution in [2.24, 2.45) is 5.41 Å². The first-order valence-electron chi connectivity index (χ1n) is 6.96. The molecule has 6 heteroatoms. The highest BCUT2D eigenvalue weighted by Gasteiger charge is 2.22. The van der Waals surface area contributed by atoms with Gasteiger partial charge in [0.2, 0.25) is 10.0 Å². The van der Waals surface area contributed by atoms with Crippen LogP contribution in [0.4, 0.5) is 5.82 Å². The van der Waals surface area contributed by atoms with Crippen LogP contribution in [-0.2, 0) is 16.6 Å². The summed E-state index contributed by atoms with van der Waals surface area (Å²) >= 11 is 0. The second-order valence-electron chi connectivity index (χ2n) is 6.72. The molecule has 0 spiro atoms. The lowest BCUT2D eigenvalue weighted by Crippen LogP contribution is -2.28. The van der Waals surface area contributed by atoms with Crippen molar-refractivity contribution in [2.45, 2.75) is 34.2 Å². The maximum atomic E-state index is 11.7. The molecule has 21 heavy (non-hydrogen) atoms. The van der Waals surface area contributed by atoms with Crippen molar-refractivity contribution in [2.75, 3.05) is 18.1 Å². The lowest BCUT2D eigenvalue weighted by atomic mass is 9.96. The minimum atomic E-state index is -3.25. The summed E-state index contributed by atoms with van der Waals surface area (Å²) in [5.41, 5.74) is 3.00. The van der Waals surface area contributed by atoms with Gasteiger partial charge in [0.25, 0.3) is 0 Å². The Bertz CT molecular complexity index is 673. The number of fused-ring (bicyclic) bond motifs is 1. The molecule has 0 saturated heterocycles. The molecular weight excluding hydrogens is 286 g/mol. The summed E-state index contributed by atoms with van der Waals surface area (Å²) in [6.45, 7) is 9.48. The number of sulfonamides is 1. The zero-order valence-corrected chi connectivity index (χ0v) is 14.1. The van der Waals surface area contributed by atoms with E-state index in [9.17, 15) is 8.42 Å². The van der Waals surface area contributed by atoms with Crippen molar-refractivity contribution in [3.05, 3.63) is 29.1 Å². The number of anilines is 1. The van der Waals surface area contributed by atoms with Crippen LogP contribution in [-0.4, -0.2) is 30.5 Å². The van der Waals surface area contributed by atoms with Crippen LogP contribution in [0.2, 0.25) is 0 Å². The minimum absolute atomic E-state index is 0.124. The third-order valence-electron chi connectivity index (χ3n) is 3.23. The highest BCUT2D eigenvalue weighted by molar-refractivity contribution is 7.88. The van der Waals surface area contributed by atoms with E-state index < -0.39 is 10.0 Å². The SMILES string of the molecule is Cc1cc2c(c(NCC(C)(C)C)n1)CN(S(C)(=O)=O)C=C2. The van der Waals surface area contributed by atoms with Crippen molar-refractivity contribution in [1.29, 1.82) is 0 Å². The molecule has 2 rings (SSSR count). The molecule has 0 radical (unpaired) electrons. The predicted molar refractivity (Wildman–Crippen MR) is 86.3 cm³/mol. The minimum Gasteiger partial charge on any atom is -0.369 e. The maximum absolute atomic E-state index is 11.7. The van der Waals surface area contributed by atoms with Crippen LogP contribution in [0.15, 0.2) is 12.3 Å². The summed E-state index contributed by atoms with van der Waals surface area (Å²) in [7, 11) is -3.25. The molecular formula is C15H23N3O2S. The molecule has 1 aromatic rings. The van der Waals surface area contributed by atoms with Crippen LogP contribution >= 0.6 is 0 Å². The summed E-state index contributed by atoms with van der Waals surface area (Å²) in [6.07, 6.45) is 4.66. The van der Waals surface area contributed by atoms with Crippen LogP contribution in [0.5, 0.6) is 0 Å². The Balaban J connectivity index is 2.37. The molecule has 116 valence electrons. The van der Waals surface area contributed by atoms with E-state index in [-0.39, 0.29) is 5.41 Å². The average molecular weight is 309 g/mol. The number of hydrogen-bond donors (Lipinski definition) is 1. The Morgan fingerprint density at radius 1 is 1.38 bits per heavy atom. The zero-order valence-electron chi connectivity index (χ0n) is 13.3. The topological polar surface area (TPSA) is 62.3 Å². The van der Waals surface area contributed by atoms with Gasteiger partial charge < -0.3 is 5.32 Å². The second-order valence-corrected chi connectivity index (χ2v) is 8.65. The summed E-state index contributed by atoms with van der Waals surface area (Å²) in [5, 5.41) is 3.36. The molecule has 1 aliphatic rings. The maximum Gasteiger partial charge on any atom is 0.232 e. The highest BCUT2D eigenvalue weighted by atomic mass is 32.2. The lowest BCUT2D eigenvalue weighted by Gasteiger charge is -2.27. The monoisotopic (exact) mass is 309 g/mol. The Morgan fingerprint density at radius 3 is 2.62 bits per heavy atom. The highest BCUT2D eigenvalue weighted by Crippen LogP contribution is 2.28. The normalized spacial score (nSPS) is 15.0. The molecule has 0 amide bonds. The molecule has 0 bridgehead atoms. The molecule has 1 aliphatic heterocycles. The molecule has 0 fully saturated rings. The molecule has 1 aromatic heterocycles. The summed E-state index contributed by atoms with van der Waals surface area (Å²) in [4.78, 5) is 4.54. The van der Waals surface area contributed by atoms with Gasteiger partial charge in [0.1, 0.15) is 5.82 Å². The van der Waals surface area contributed by atoms with Gasteiger partial charge in [-0.05, 0) is 30.0 Å². The molecule has 0 unspecified atom stereocenters. The fourth-order valence-corrected chi connectivity index (χ4v) is 2.78. The number of pyridine rings is 1. The van der Waals surface area contributed by atoms with E-state index in [2.05, 4.69) is 31.1 Å². The quantitative estimate of drug-likeness (QED) is 0.932. The third kappa shape index (κ3) is 3.97. The van der Waals surface area contributed by atoms with Gasteiger partial charge in [0.15, 0.2) is 0 Å². The van der Waals surface area contributed by atoms with Crippen molar-refractivity contribution < 1.29 is 8.42 Å². The Labute approximate surface area is 127 Å². The molecule has 0 aromatic carbocycles. The van der Waals surface area contributed by atoms with Gasteiger partial charge in [0.05, 0.1) is 12.8 Å². The molecule has 0 saturated carbocycles. The van der Waals surface area contributed by atoms with Crippen molar-refractivity contribution >= 4 is 21.9 Å².